The molecule has 0 bridgehead atoms. The summed E-state index contributed by atoms with van der Waals surface area (Å²) in [6, 6.07) is 8.54. The van der Waals surface area contributed by atoms with Crippen LogP contribution in [0.5, 0.6) is 0 Å². The molecule has 2 aromatic heterocycles. The van der Waals surface area contributed by atoms with E-state index in [1.54, 1.807) is 11.7 Å². The minimum absolute atomic E-state index is 0.181. The molecule has 0 amide bonds. The van der Waals surface area contributed by atoms with Crippen LogP contribution >= 0.6 is 0 Å². The minimum atomic E-state index is -0.200. The van der Waals surface area contributed by atoms with Crippen LogP contribution in [0.2, 0.25) is 0 Å². The molecule has 8 nitrogen and oxygen atoms in total. The molecule has 3 aromatic rings. The number of likely N-dealkylation sites (N-methyl/N-ethyl adjacent to an activating group) is 1. The van der Waals surface area contributed by atoms with Gasteiger partial charge < -0.3 is 15.1 Å². The highest BCUT2D eigenvalue weighted by Crippen LogP contribution is 2.26. The van der Waals surface area contributed by atoms with Crippen LogP contribution in [-0.4, -0.2) is 57.9 Å². The Bertz CT molecular complexity index is 1100. The van der Waals surface area contributed by atoms with Gasteiger partial charge in [-0.2, -0.15) is 5.10 Å². The first-order valence-electron chi connectivity index (χ1n) is 10.5. The van der Waals surface area contributed by atoms with E-state index in [0.717, 1.165) is 37.4 Å². The van der Waals surface area contributed by atoms with E-state index >= 15 is 0 Å². The maximum Gasteiger partial charge on any atom is 0.278 e. The average molecular weight is 410 g/mol. The fourth-order valence-corrected chi connectivity index (χ4v) is 3.88. The third kappa shape index (κ3) is 4.05. The number of benzene rings is 1. The molecule has 0 radical (unpaired) electrons. The van der Waals surface area contributed by atoms with E-state index in [1.165, 1.54) is 5.69 Å². The van der Waals surface area contributed by atoms with E-state index in [4.69, 9.17) is 4.98 Å². The lowest BCUT2D eigenvalue weighted by Crippen LogP contribution is -2.44. The van der Waals surface area contributed by atoms with E-state index in [1.807, 2.05) is 0 Å². The van der Waals surface area contributed by atoms with Gasteiger partial charge in [-0.3, -0.25) is 14.5 Å². The van der Waals surface area contributed by atoms with Crippen LogP contribution in [0.3, 0.4) is 0 Å². The summed E-state index contributed by atoms with van der Waals surface area (Å²) >= 11 is 0. The smallest absolute Gasteiger partial charge is 0.278 e. The number of H-pyrrole nitrogens is 1. The molecule has 0 saturated carbocycles. The number of aromatic amines is 1. The molecule has 0 spiro atoms. The van der Waals surface area contributed by atoms with Crippen molar-refractivity contribution in [1.29, 1.82) is 0 Å². The number of rotatable bonds is 4. The molecule has 160 valence electrons. The van der Waals surface area contributed by atoms with Crippen LogP contribution in [0.15, 0.2) is 29.1 Å². The molecule has 3 heterocycles. The van der Waals surface area contributed by atoms with Crippen molar-refractivity contribution in [3.63, 3.8) is 0 Å². The zero-order chi connectivity index (χ0) is 21.5. The predicted molar refractivity (Wildman–Crippen MR) is 121 cm³/mol. The third-order valence-electron chi connectivity index (χ3n) is 5.64. The Morgan fingerprint density at radius 1 is 1.13 bits per heavy atom. The largest absolute Gasteiger partial charge is 0.369 e. The molecule has 4 rings (SSSR count). The number of piperazine rings is 1. The molecule has 1 aliphatic rings. The van der Waals surface area contributed by atoms with Gasteiger partial charge in [0.1, 0.15) is 5.52 Å². The number of nitrogens with one attached hydrogen (secondary N) is 2. The Kier molecular flexibility index (Phi) is 5.27. The van der Waals surface area contributed by atoms with Gasteiger partial charge in [0.15, 0.2) is 5.52 Å². The van der Waals surface area contributed by atoms with Gasteiger partial charge in [-0.05, 0) is 24.7 Å². The van der Waals surface area contributed by atoms with Gasteiger partial charge in [-0.25, -0.2) is 4.98 Å². The summed E-state index contributed by atoms with van der Waals surface area (Å²) in [5.74, 6) is 0.469. The highest BCUT2D eigenvalue weighted by Gasteiger charge is 2.24. The van der Waals surface area contributed by atoms with E-state index in [9.17, 15) is 4.79 Å². The number of aromatic nitrogens is 4. The lowest BCUT2D eigenvalue weighted by Gasteiger charge is -2.34. The Morgan fingerprint density at radius 3 is 2.57 bits per heavy atom. The van der Waals surface area contributed by atoms with Crippen LogP contribution in [0.4, 0.5) is 11.6 Å². The molecule has 1 saturated heterocycles. The summed E-state index contributed by atoms with van der Waals surface area (Å²) in [4.78, 5) is 25.0. The third-order valence-corrected chi connectivity index (χ3v) is 5.64. The van der Waals surface area contributed by atoms with Gasteiger partial charge >= 0.3 is 0 Å². The van der Waals surface area contributed by atoms with Crippen molar-refractivity contribution in [2.45, 2.75) is 32.7 Å². The standard InChI is InChI=1S/C22H31N7O/c1-22(2,3)19-17-18(28(5)26-19)20(30)25-21(24-17)23-14-15-7-6-8-16(13-15)29-11-9-27(4)10-12-29/h6-8,13H,9-12,14H2,1-5H3,(H2,23,24,25,30). The Labute approximate surface area is 176 Å². The summed E-state index contributed by atoms with van der Waals surface area (Å²) in [5.41, 5.74) is 3.99. The van der Waals surface area contributed by atoms with Gasteiger partial charge in [0, 0.05) is 50.9 Å². The van der Waals surface area contributed by atoms with E-state index < -0.39 is 0 Å². The summed E-state index contributed by atoms with van der Waals surface area (Å²) in [5, 5.41) is 7.84. The fourth-order valence-electron chi connectivity index (χ4n) is 3.88. The van der Waals surface area contributed by atoms with Gasteiger partial charge in [0.2, 0.25) is 5.95 Å². The van der Waals surface area contributed by atoms with Crippen molar-refractivity contribution in [3.8, 4) is 0 Å². The first kappa shape index (κ1) is 20.4. The molecule has 1 fully saturated rings. The highest BCUT2D eigenvalue weighted by molar-refractivity contribution is 5.78. The van der Waals surface area contributed by atoms with E-state index in [-0.39, 0.29) is 11.0 Å². The molecule has 0 aliphatic carbocycles. The number of aryl methyl sites for hydroxylation is 1. The molecule has 0 atom stereocenters. The quantitative estimate of drug-likeness (QED) is 0.688. The second kappa shape index (κ2) is 7.75. The van der Waals surface area contributed by atoms with Gasteiger partial charge in [0.25, 0.3) is 5.56 Å². The van der Waals surface area contributed by atoms with Crippen LogP contribution in [0, 0.1) is 0 Å². The molecule has 1 aromatic carbocycles. The molecule has 30 heavy (non-hydrogen) atoms. The van der Waals surface area contributed by atoms with Crippen molar-refractivity contribution in [1.82, 2.24) is 24.6 Å². The summed E-state index contributed by atoms with van der Waals surface area (Å²) in [6.45, 7) is 11.0. The van der Waals surface area contributed by atoms with Crippen LogP contribution in [0.25, 0.3) is 11.0 Å². The van der Waals surface area contributed by atoms with E-state index in [2.05, 4.69) is 77.3 Å². The Morgan fingerprint density at radius 2 is 1.87 bits per heavy atom. The van der Waals surface area contributed by atoms with Crippen molar-refractivity contribution in [2.24, 2.45) is 7.05 Å². The molecule has 0 unspecified atom stereocenters. The lowest BCUT2D eigenvalue weighted by atomic mass is 9.91. The molecular formula is C22H31N7O. The Hall–Kier alpha value is -2.87. The Balaban J connectivity index is 1.55. The topological polar surface area (TPSA) is 82.1 Å². The molecule has 8 heteroatoms. The first-order valence-corrected chi connectivity index (χ1v) is 10.5. The van der Waals surface area contributed by atoms with Gasteiger partial charge in [-0.15, -0.1) is 0 Å². The summed E-state index contributed by atoms with van der Waals surface area (Å²) in [6.07, 6.45) is 0. The predicted octanol–water partition coefficient (Wildman–Crippen LogP) is 2.32. The number of fused-ring (bicyclic) bond motifs is 1. The van der Waals surface area contributed by atoms with Crippen LogP contribution in [-0.2, 0) is 19.0 Å². The maximum atomic E-state index is 12.7. The second-order valence-electron chi connectivity index (χ2n) is 9.15. The SMILES string of the molecule is CN1CCN(c2cccc(CNc3nc4c(C(C)(C)C)nn(C)c4c(=O)[nH]3)c2)CC1. The summed E-state index contributed by atoms with van der Waals surface area (Å²) in [7, 11) is 3.95. The minimum Gasteiger partial charge on any atom is -0.369 e. The normalized spacial score (nSPS) is 15.7. The second-order valence-corrected chi connectivity index (χ2v) is 9.15. The number of hydrogen-bond acceptors (Lipinski definition) is 6. The van der Waals surface area contributed by atoms with Crippen molar-refractivity contribution < 1.29 is 0 Å². The highest BCUT2D eigenvalue weighted by atomic mass is 16.1. The number of anilines is 2. The van der Waals surface area contributed by atoms with Gasteiger partial charge in [-0.1, -0.05) is 32.9 Å². The molecule has 2 N–H and O–H groups in total. The van der Waals surface area contributed by atoms with Crippen LogP contribution in [0.1, 0.15) is 32.0 Å². The number of hydrogen-bond donors (Lipinski definition) is 2. The van der Waals surface area contributed by atoms with Gasteiger partial charge in [0.05, 0.1) is 5.69 Å². The van der Waals surface area contributed by atoms with Crippen molar-refractivity contribution in [3.05, 3.63) is 45.9 Å². The maximum absolute atomic E-state index is 12.7. The molecular weight excluding hydrogens is 378 g/mol. The zero-order valence-electron chi connectivity index (χ0n) is 18.5. The molecule has 1 aliphatic heterocycles. The van der Waals surface area contributed by atoms with E-state index in [0.29, 0.717) is 23.5 Å². The number of nitrogens with zero attached hydrogens (tertiary/aromatic N) is 5. The first-order chi connectivity index (χ1) is 14.2. The zero-order valence-corrected chi connectivity index (χ0v) is 18.5. The van der Waals surface area contributed by atoms with Crippen molar-refractivity contribution in [2.75, 3.05) is 43.4 Å². The average Bonchev–Trinajstić information content (AvgIpc) is 3.05. The monoisotopic (exact) mass is 409 g/mol. The van der Waals surface area contributed by atoms with Crippen molar-refractivity contribution >= 4 is 22.7 Å². The summed E-state index contributed by atoms with van der Waals surface area (Å²) < 4.78 is 1.62. The lowest BCUT2D eigenvalue weighted by molar-refractivity contribution is 0.313. The fraction of sp³-hybridized carbons (Fsp3) is 0.500. The van der Waals surface area contributed by atoms with Crippen LogP contribution < -0.4 is 15.8 Å².